The largest absolute Gasteiger partial charge is 0.352 e. The lowest BCUT2D eigenvalue weighted by Gasteiger charge is -2.30. The van der Waals surface area contributed by atoms with Gasteiger partial charge in [-0.05, 0) is 52.0 Å². The summed E-state index contributed by atoms with van der Waals surface area (Å²) in [5, 5.41) is 5.16. The van der Waals surface area contributed by atoms with Crippen LogP contribution in [0.5, 0.6) is 0 Å². The van der Waals surface area contributed by atoms with Crippen molar-refractivity contribution in [2.45, 2.75) is 76.6 Å². The fraction of sp³-hybridized carbons (Fsp3) is 0.632. The Morgan fingerprint density at radius 3 is 2.68 bits per heavy atom. The van der Waals surface area contributed by atoms with Crippen molar-refractivity contribution in [3.05, 3.63) is 16.3 Å². The molecular weight excluding hydrogens is 350 g/mol. The Hall–Kier alpha value is -1.14. The van der Waals surface area contributed by atoms with E-state index in [1.807, 2.05) is 13.8 Å². The molecular formula is C19H27N3OS2. The van der Waals surface area contributed by atoms with Crippen LogP contribution in [0.4, 0.5) is 0 Å². The maximum Gasteiger partial charge on any atom is 0.233 e. The minimum atomic E-state index is -0.161. The number of thioether (sulfide) groups is 1. The van der Waals surface area contributed by atoms with E-state index in [1.165, 1.54) is 29.7 Å². The highest BCUT2D eigenvalue weighted by molar-refractivity contribution is 8.00. The quantitative estimate of drug-likeness (QED) is 0.615. The molecule has 0 aromatic carbocycles. The van der Waals surface area contributed by atoms with E-state index in [1.54, 1.807) is 23.1 Å². The van der Waals surface area contributed by atoms with Gasteiger partial charge in [-0.1, -0.05) is 31.5 Å². The molecule has 1 saturated carbocycles. The van der Waals surface area contributed by atoms with E-state index in [2.05, 4.69) is 36.1 Å². The number of amides is 1. The zero-order chi connectivity index (χ0) is 18.1. The number of carbonyl (C=O) groups excluding carboxylic acids is 1. The van der Waals surface area contributed by atoms with Crippen molar-refractivity contribution in [3.63, 3.8) is 0 Å². The van der Waals surface area contributed by atoms with Gasteiger partial charge in [0.25, 0.3) is 0 Å². The molecule has 0 radical (unpaired) electrons. The SMILES string of the molecule is Cc1nc(S[C@H](C)C(=O)N[C@@H]2CCCC[C@@H]2C)c2c(C)c(C)sc2n1. The van der Waals surface area contributed by atoms with Crippen LogP contribution >= 0.6 is 23.1 Å². The first-order chi connectivity index (χ1) is 11.9. The third kappa shape index (κ3) is 4.00. The molecule has 1 fully saturated rings. The third-order valence-corrected chi connectivity index (χ3v) is 7.39. The van der Waals surface area contributed by atoms with E-state index < -0.39 is 0 Å². The number of rotatable bonds is 4. The number of carbonyl (C=O) groups is 1. The van der Waals surface area contributed by atoms with Crippen molar-refractivity contribution in [2.24, 2.45) is 5.92 Å². The molecule has 3 atom stereocenters. The molecule has 2 heterocycles. The lowest BCUT2D eigenvalue weighted by molar-refractivity contribution is -0.121. The number of aromatic nitrogens is 2. The Labute approximate surface area is 158 Å². The normalized spacial score (nSPS) is 22.1. The zero-order valence-electron chi connectivity index (χ0n) is 15.7. The fourth-order valence-corrected chi connectivity index (χ4v) is 5.65. The maximum atomic E-state index is 12.7. The van der Waals surface area contributed by atoms with Gasteiger partial charge in [-0.2, -0.15) is 0 Å². The van der Waals surface area contributed by atoms with Crippen LogP contribution in [0.25, 0.3) is 10.2 Å². The van der Waals surface area contributed by atoms with Crippen molar-refractivity contribution in [1.82, 2.24) is 15.3 Å². The summed E-state index contributed by atoms with van der Waals surface area (Å²) in [5.74, 6) is 1.47. The van der Waals surface area contributed by atoms with Gasteiger partial charge in [0.15, 0.2) is 0 Å². The molecule has 1 amide bonds. The van der Waals surface area contributed by atoms with Gasteiger partial charge in [-0.3, -0.25) is 4.79 Å². The van der Waals surface area contributed by atoms with Crippen LogP contribution in [-0.2, 0) is 4.79 Å². The molecule has 2 aromatic heterocycles. The van der Waals surface area contributed by atoms with Gasteiger partial charge < -0.3 is 5.32 Å². The van der Waals surface area contributed by atoms with Crippen LogP contribution in [0, 0.1) is 26.7 Å². The number of thiophene rings is 1. The summed E-state index contributed by atoms with van der Waals surface area (Å²) in [4.78, 5) is 24.2. The highest BCUT2D eigenvalue weighted by Crippen LogP contribution is 2.36. The second-order valence-electron chi connectivity index (χ2n) is 7.18. The first kappa shape index (κ1) is 18.6. The first-order valence-corrected chi connectivity index (χ1v) is 10.8. The Morgan fingerprint density at radius 1 is 1.24 bits per heavy atom. The zero-order valence-corrected chi connectivity index (χ0v) is 17.3. The van der Waals surface area contributed by atoms with E-state index in [4.69, 9.17) is 0 Å². The third-order valence-electron chi connectivity index (χ3n) is 5.20. The first-order valence-electron chi connectivity index (χ1n) is 9.08. The number of hydrogen-bond acceptors (Lipinski definition) is 5. The Morgan fingerprint density at radius 2 is 1.96 bits per heavy atom. The smallest absolute Gasteiger partial charge is 0.233 e. The van der Waals surface area contributed by atoms with Crippen LogP contribution in [0.1, 0.15) is 55.8 Å². The minimum Gasteiger partial charge on any atom is -0.352 e. The van der Waals surface area contributed by atoms with Gasteiger partial charge >= 0.3 is 0 Å². The number of nitrogens with one attached hydrogen (secondary N) is 1. The Kier molecular flexibility index (Phi) is 5.68. The molecule has 6 heteroatoms. The van der Waals surface area contributed by atoms with Crippen molar-refractivity contribution in [3.8, 4) is 0 Å². The van der Waals surface area contributed by atoms with Crippen LogP contribution in [0.15, 0.2) is 5.03 Å². The highest BCUT2D eigenvalue weighted by Gasteiger charge is 2.26. The summed E-state index contributed by atoms with van der Waals surface area (Å²) in [6.07, 6.45) is 4.82. The van der Waals surface area contributed by atoms with E-state index in [9.17, 15) is 4.79 Å². The average Bonchev–Trinajstić information content (AvgIpc) is 2.83. The van der Waals surface area contributed by atoms with E-state index in [0.717, 1.165) is 27.5 Å². The van der Waals surface area contributed by atoms with Crippen molar-refractivity contribution < 1.29 is 4.79 Å². The lowest BCUT2D eigenvalue weighted by atomic mass is 9.86. The summed E-state index contributed by atoms with van der Waals surface area (Å²) in [6, 6.07) is 0.321. The molecule has 0 bridgehead atoms. The van der Waals surface area contributed by atoms with Gasteiger partial charge in [-0.25, -0.2) is 9.97 Å². The fourth-order valence-electron chi connectivity index (χ4n) is 3.45. The molecule has 1 aliphatic rings. The number of hydrogen-bond donors (Lipinski definition) is 1. The van der Waals surface area contributed by atoms with E-state index in [-0.39, 0.29) is 11.2 Å². The van der Waals surface area contributed by atoms with Crippen molar-refractivity contribution in [1.29, 1.82) is 0 Å². The van der Waals surface area contributed by atoms with Gasteiger partial charge in [0, 0.05) is 16.3 Å². The Bertz CT molecular complexity index is 787. The maximum absolute atomic E-state index is 12.7. The number of aryl methyl sites for hydroxylation is 3. The second-order valence-corrected chi connectivity index (χ2v) is 9.71. The summed E-state index contributed by atoms with van der Waals surface area (Å²) < 4.78 is 0. The molecule has 0 aliphatic heterocycles. The predicted octanol–water partition coefficient (Wildman–Crippen LogP) is 4.79. The molecule has 0 unspecified atom stereocenters. The molecule has 0 spiro atoms. The van der Waals surface area contributed by atoms with Crippen LogP contribution in [0.3, 0.4) is 0 Å². The van der Waals surface area contributed by atoms with Gasteiger partial charge in [0.2, 0.25) is 5.91 Å². The van der Waals surface area contributed by atoms with Crippen molar-refractivity contribution in [2.75, 3.05) is 0 Å². The van der Waals surface area contributed by atoms with Crippen LogP contribution in [0.2, 0.25) is 0 Å². The summed E-state index contributed by atoms with van der Waals surface area (Å²) in [5.41, 5.74) is 1.23. The van der Waals surface area contributed by atoms with Gasteiger partial charge in [-0.15, -0.1) is 11.3 Å². The molecule has 25 heavy (non-hydrogen) atoms. The van der Waals surface area contributed by atoms with Crippen LogP contribution in [-0.4, -0.2) is 27.2 Å². The second kappa shape index (κ2) is 7.62. The van der Waals surface area contributed by atoms with Gasteiger partial charge in [0.1, 0.15) is 15.7 Å². The highest BCUT2D eigenvalue weighted by atomic mass is 32.2. The molecule has 136 valence electrons. The van der Waals surface area contributed by atoms with E-state index >= 15 is 0 Å². The molecule has 2 aromatic rings. The lowest BCUT2D eigenvalue weighted by Crippen LogP contribution is -2.44. The molecule has 1 N–H and O–H groups in total. The Balaban J connectivity index is 1.77. The predicted molar refractivity (Wildman–Crippen MR) is 107 cm³/mol. The molecule has 0 saturated heterocycles. The van der Waals surface area contributed by atoms with E-state index in [0.29, 0.717) is 12.0 Å². The summed E-state index contributed by atoms with van der Waals surface area (Å²) >= 11 is 3.26. The van der Waals surface area contributed by atoms with Crippen molar-refractivity contribution >= 4 is 39.2 Å². The monoisotopic (exact) mass is 377 g/mol. The average molecular weight is 378 g/mol. The summed E-state index contributed by atoms with van der Waals surface area (Å²) in [7, 11) is 0. The summed E-state index contributed by atoms with van der Waals surface area (Å²) in [6.45, 7) is 10.4. The standard InChI is InChI=1S/C19H27N3OS2/c1-10-8-6-7-9-15(10)22-17(23)13(4)25-19-16-11(2)12(3)24-18(16)20-14(5)21-19/h10,13,15H,6-9H2,1-5H3,(H,22,23)/t10-,13+,15+/m0/s1. The molecule has 4 nitrogen and oxygen atoms in total. The topological polar surface area (TPSA) is 54.9 Å². The molecule has 3 rings (SSSR count). The number of fused-ring (bicyclic) bond motifs is 1. The minimum absolute atomic E-state index is 0.123. The number of nitrogens with zero attached hydrogens (tertiary/aromatic N) is 2. The molecule has 1 aliphatic carbocycles. The van der Waals surface area contributed by atoms with Gasteiger partial charge in [0.05, 0.1) is 5.25 Å². The van der Waals surface area contributed by atoms with Crippen LogP contribution < -0.4 is 5.32 Å².